The van der Waals surface area contributed by atoms with Gasteiger partial charge in [0.05, 0.1) is 0 Å². The number of hydrogen-bond acceptors (Lipinski definition) is 4. The molecule has 0 spiro atoms. The number of rotatable bonds is 3. The summed E-state index contributed by atoms with van der Waals surface area (Å²) in [5, 5.41) is 17.8. The van der Waals surface area contributed by atoms with Crippen LogP contribution in [0.4, 0.5) is 0 Å². The molecule has 1 aromatic rings. The summed E-state index contributed by atoms with van der Waals surface area (Å²) in [5.74, 6) is -3.33. The molecule has 0 saturated carbocycles. The van der Waals surface area contributed by atoms with E-state index in [4.69, 9.17) is 14.8 Å². The van der Waals surface area contributed by atoms with Gasteiger partial charge in [0.2, 0.25) is 5.97 Å². The maximum atomic E-state index is 11.2. The van der Waals surface area contributed by atoms with Gasteiger partial charge in [-0.1, -0.05) is 13.8 Å². The average Bonchev–Trinajstić information content (AvgIpc) is 2.18. The molecule has 9 heteroatoms. The molecular formula is C10H9NaO7S. The van der Waals surface area contributed by atoms with E-state index in [1.54, 1.807) is 0 Å². The van der Waals surface area contributed by atoms with Crippen molar-refractivity contribution in [2.45, 2.75) is 18.7 Å². The molecule has 0 aliphatic heterocycles. The van der Waals surface area contributed by atoms with Gasteiger partial charge in [-0.05, 0) is 5.56 Å². The smallest absolute Gasteiger partial charge is 0.521 e. The molecule has 0 amide bonds. The van der Waals surface area contributed by atoms with Gasteiger partial charge in [-0.15, -0.1) is 17.2 Å². The summed E-state index contributed by atoms with van der Waals surface area (Å²) >= 11 is 0. The van der Waals surface area contributed by atoms with Crippen LogP contribution < -0.4 is 29.6 Å². The van der Waals surface area contributed by atoms with Crippen molar-refractivity contribution >= 4 is 22.1 Å². The minimum atomic E-state index is -4.99. The summed E-state index contributed by atoms with van der Waals surface area (Å²) in [7, 11) is -4.99. The van der Waals surface area contributed by atoms with Gasteiger partial charge in [0.1, 0.15) is 0 Å². The fourth-order valence-corrected chi connectivity index (χ4v) is 2.38. The number of carboxylic acids is 2. The molecule has 0 aliphatic carbocycles. The van der Waals surface area contributed by atoms with Crippen LogP contribution in [-0.4, -0.2) is 35.1 Å². The second-order valence-corrected chi connectivity index (χ2v) is 4.90. The van der Waals surface area contributed by atoms with Gasteiger partial charge in [0, 0.05) is 10.5 Å². The maximum Gasteiger partial charge on any atom is 1.00 e. The Balaban J connectivity index is 0.00000324. The predicted molar refractivity (Wildman–Crippen MR) is 58.5 cm³/mol. The van der Waals surface area contributed by atoms with Crippen molar-refractivity contribution in [1.29, 1.82) is 0 Å². The van der Waals surface area contributed by atoms with Crippen molar-refractivity contribution in [2.24, 2.45) is 0 Å². The summed E-state index contributed by atoms with van der Waals surface area (Å²) in [6.07, 6.45) is 0. The van der Waals surface area contributed by atoms with Gasteiger partial charge in [-0.3, -0.25) is 4.55 Å². The van der Waals surface area contributed by atoms with Crippen LogP contribution in [0.5, 0.6) is 0 Å². The zero-order valence-corrected chi connectivity index (χ0v) is 13.2. The molecule has 3 N–H and O–H groups in total. The van der Waals surface area contributed by atoms with E-state index in [9.17, 15) is 18.0 Å². The van der Waals surface area contributed by atoms with Gasteiger partial charge in [0.25, 0.3) is 10.1 Å². The first-order valence-electron chi connectivity index (χ1n) is 4.58. The zero-order chi connectivity index (χ0) is 14.2. The van der Waals surface area contributed by atoms with Crippen molar-refractivity contribution in [3.8, 4) is 0 Å². The first-order chi connectivity index (χ1) is 8.07. The van der Waals surface area contributed by atoms with E-state index in [-0.39, 0.29) is 40.7 Å². The summed E-state index contributed by atoms with van der Waals surface area (Å²) in [6.45, 7) is 2.69. The molecule has 98 valence electrons. The Hall–Kier alpha value is -0.930. The Morgan fingerprint density at radius 1 is 1.11 bits per heavy atom. The first kappa shape index (κ1) is 18.1. The van der Waals surface area contributed by atoms with E-state index in [2.05, 4.69) is 6.07 Å². The predicted octanol–water partition coefficient (Wildman–Crippen LogP) is -2.25. The number of aryl methyl sites for hydroxylation is 1. The van der Waals surface area contributed by atoms with Crippen molar-refractivity contribution in [3.05, 3.63) is 28.3 Å². The summed E-state index contributed by atoms with van der Waals surface area (Å²) < 4.78 is 31.3. The molecular weight excluding hydrogens is 287 g/mol. The standard InChI is InChI=1S/C10H9O7S.Na/c1-4-3-6(9(11)12)8(18(15,16)17)7(5(4)2)10(13)14;/h1-2H3,(H,11,12)(H,13,14)(H,15,16,17);/q-1;+1. The number of carbonyl (C=O) groups is 2. The molecule has 0 saturated heterocycles. The fourth-order valence-electron chi connectivity index (χ4n) is 1.49. The first-order valence-corrected chi connectivity index (χ1v) is 6.02. The van der Waals surface area contributed by atoms with Gasteiger partial charge in [0.15, 0.2) is 0 Å². The van der Waals surface area contributed by atoms with Gasteiger partial charge in [-0.25, -0.2) is 13.2 Å². The molecule has 0 atom stereocenters. The third-order valence-electron chi connectivity index (χ3n) is 2.39. The second kappa shape index (κ2) is 6.02. The van der Waals surface area contributed by atoms with E-state index in [1.807, 2.05) is 0 Å². The molecule has 1 rings (SSSR count). The molecule has 1 aromatic carbocycles. The van der Waals surface area contributed by atoms with Crippen LogP contribution in [0.3, 0.4) is 0 Å². The maximum absolute atomic E-state index is 11.2. The van der Waals surface area contributed by atoms with Crippen LogP contribution >= 0.6 is 0 Å². The van der Waals surface area contributed by atoms with Crippen molar-refractivity contribution in [3.63, 3.8) is 0 Å². The van der Waals surface area contributed by atoms with Crippen LogP contribution in [-0.2, 0) is 10.1 Å². The van der Waals surface area contributed by atoms with Gasteiger partial charge in [-0.2, -0.15) is 0 Å². The number of benzene rings is 1. The SMILES string of the molecule is Cc1[c-]c(C(=O)O)c(S(=O)(=O)O)c(C(=O)O)c1C.[Na+]. The Morgan fingerprint density at radius 3 is 1.89 bits per heavy atom. The monoisotopic (exact) mass is 296 g/mol. The van der Waals surface area contributed by atoms with E-state index < -0.39 is 38.1 Å². The quantitative estimate of drug-likeness (QED) is 0.326. The van der Waals surface area contributed by atoms with E-state index in [0.717, 1.165) is 0 Å². The number of hydrogen-bond donors (Lipinski definition) is 3. The molecule has 0 bridgehead atoms. The molecule has 19 heavy (non-hydrogen) atoms. The Kier molecular flexibility index (Phi) is 5.72. The van der Waals surface area contributed by atoms with Gasteiger partial charge < -0.3 is 15.0 Å². The Bertz CT molecular complexity index is 648. The van der Waals surface area contributed by atoms with Gasteiger partial charge >= 0.3 is 35.5 Å². The number of aromatic carboxylic acids is 2. The molecule has 0 unspecified atom stereocenters. The van der Waals surface area contributed by atoms with Crippen molar-refractivity contribution in [1.82, 2.24) is 0 Å². The Labute approximate surface area is 131 Å². The van der Waals surface area contributed by atoms with Crippen LogP contribution in [0, 0.1) is 19.9 Å². The van der Waals surface area contributed by atoms with Crippen LogP contribution in [0.1, 0.15) is 31.8 Å². The summed E-state index contributed by atoms with van der Waals surface area (Å²) in [4.78, 5) is 20.8. The van der Waals surface area contributed by atoms with Crippen LogP contribution in [0.15, 0.2) is 4.90 Å². The summed E-state index contributed by atoms with van der Waals surface area (Å²) in [5.41, 5.74) is -1.44. The minimum Gasteiger partial charge on any atom is -0.521 e. The van der Waals surface area contributed by atoms with E-state index >= 15 is 0 Å². The summed E-state index contributed by atoms with van der Waals surface area (Å²) in [6, 6.07) is 2.24. The zero-order valence-electron chi connectivity index (χ0n) is 10.4. The third-order valence-corrected chi connectivity index (χ3v) is 3.31. The van der Waals surface area contributed by atoms with Crippen LogP contribution in [0.2, 0.25) is 0 Å². The molecule has 0 fully saturated rings. The normalized spacial score (nSPS) is 10.7. The fraction of sp³-hybridized carbons (Fsp3) is 0.200. The van der Waals surface area contributed by atoms with Crippen molar-refractivity contribution < 1.29 is 62.3 Å². The molecule has 0 heterocycles. The Morgan fingerprint density at radius 2 is 1.58 bits per heavy atom. The number of carboxylic acid groups (broad SMARTS) is 2. The van der Waals surface area contributed by atoms with Crippen LogP contribution in [0.25, 0.3) is 0 Å². The van der Waals surface area contributed by atoms with E-state index in [0.29, 0.717) is 0 Å². The second-order valence-electron chi connectivity index (χ2n) is 3.54. The van der Waals surface area contributed by atoms with E-state index in [1.165, 1.54) is 13.8 Å². The molecule has 7 nitrogen and oxygen atoms in total. The topological polar surface area (TPSA) is 129 Å². The molecule has 0 radical (unpaired) electrons. The van der Waals surface area contributed by atoms with Crippen molar-refractivity contribution in [2.75, 3.05) is 0 Å². The third kappa shape index (κ3) is 3.54. The molecule has 0 aromatic heterocycles. The largest absolute Gasteiger partial charge is 1.00 e. The average molecular weight is 296 g/mol. The molecule has 0 aliphatic rings. The minimum absolute atomic E-state index is 0.